The summed E-state index contributed by atoms with van der Waals surface area (Å²) in [5.41, 5.74) is 0.664. The Balaban J connectivity index is 2.07. The van der Waals surface area contributed by atoms with E-state index in [0.29, 0.717) is 5.57 Å². The normalized spacial score (nSPS) is 21.9. The molecule has 146 valence electrons. The largest absolute Gasteiger partial charge is 0.456 e. The van der Waals surface area contributed by atoms with Crippen molar-refractivity contribution in [2.45, 2.75) is 103 Å². The van der Waals surface area contributed by atoms with Gasteiger partial charge in [0.05, 0.1) is 5.57 Å². The average Bonchev–Trinajstić information content (AvgIpc) is 2.87. The van der Waals surface area contributed by atoms with E-state index in [1.165, 1.54) is 64.2 Å². The second-order valence-electron chi connectivity index (χ2n) is 7.09. The lowest BCUT2D eigenvalue weighted by atomic mass is 10.0. The third kappa shape index (κ3) is 9.41. The van der Waals surface area contributed by atoms with Gasteiger partial charge in [-0.15, -0.1) is 0 Å². The number of ether oxygens (including phenoxy) is 3. The van der Waals surface area contributed by atoms with Crippen LogP contribution in [0.1, 0.15) is 90.9 Å². The Hall–Kier alpha value is -0.870. The number of unbranched alkanes of at least 4 members (excludes halogenated alkanes) is 11. The molecule has 1 aliphatic rings. The molecule has 0 aromatic heterocycles. The Kier molecular flexibility index (Phi) is 12.7. The Morgan fingerprint density at radius 3 is 2.08 bits per heavy atom. The van der Waals surface area contributed by atoms with Crippen LogP contribution in [-0.2, 0) is 19.0 Å². The van der Waals surface area contributed by atoms with E-state index in [0.717, 1.165) is 12.8 Å². The summed E-state index contributed by atoms with van der Waals surface area (Å²) in [6.45, 7) is 4.31. The van der Waals surface area contributed by atoms with Gasteiger partial charge in [0.1, 0.15) is 19.0 Å². The molecule has 25 heavy (non-hydrogen) atoms. The SMILES string of the molecule is CCCCCCCCCCCCC/C=C1/C(=O)O[C@@H](C)[C@H]1OCOC. The van der Waals surface area contributed by atoms with E-state index in [1.807, 2.05) is 13.0 Å². The standard InChI is InChI=1S/C21H38O4/c1-4-5-6-7-8-9-10-11-12-13-14-15-16-19-20(24-17-23-3)18(2)25-21(19)22/h16,18,20H,4-15,17H2,1-3H3/b19-16+/t18-,20+/m0/s1. The van der Waals surface area contributed by atoms with Crippen molar-refractivity contribution in [3.63, 3.8) is 0 Å². The molecule has 0 spiro atoms. The number of carbonyl (C=O) groups excluding carboxylic acids is 1. The maximum Gasteiger partial charge on any atom is 0.336 e. The van der Waals surface area contributed by atoms with Gasteiger partial charge in [-0.2, -0.15) is 0 Å². The molecule has 1 saturated heterocycles. The number of allylic oxidation sites excluding steroid dienone is 1. The van der Waals surface area contributed by atoms with E-state index in [1.54, 1.807) is 7.11 Å². The molecule has 0 aliphatic carbocycles. The van der Waals surface area contributed by atoms with E-state index in [-0.39, 0.29) is 25.0 Å². The first kappa shape index (κ1) is 22.2. The summed E-state index contributed by atoms with van der Waals surface area (Å²) in [5.74, 6) is -0.239. The molecule has 1 heterocycles. The molecule has 0 unspecified atom stereocenters. The lowest BCUT2D eigenvalue weighted by Crippen LogP contribution is -2.23. The zero-order valence-electron chi connectivity index (χ0n) is 16.6. The number of rotatable bonds is 15. The molecule has 4 heteroatoms. The predicted molar refractivity (Wildman–Crippen MR) is 101 cm³/mol. The molecule has 0 radical (unpaired) electrons. The Morgan fingerprint density at radius 1 is 0.960 bits per heavy atom. The van der Waals surface area contributed by atoms with Gasteiger partial charge in [-0.1, -0.05) is 77.2 Å². The first-order chi connectivity index (χ1) is 12.2. The number of methoxy groups -OCH3 is 1. The summed E-state index contributed by atoms with van der Waals surface area (Å²) in [5, 5.41) is 0. The lowest BCUT2D eigenvalue weighted by molar-refractivity contribution is -0.140. The maximum atomic E-state index is 11.9. The predicted octanol–water partition coefficient (Wildman–Crippen LogP) is 5.55. The van der Waals surface area contributed by atoms with Crippen LogP contribution in [0.25, 0.3) is 0 Å². The summed E-state index contributed by atoms with van der Waals surface area (Å²) in [6.07, 6.45) is 17.1. The highest BCUT2D eigenvalue weighted by molar-refractivity contribution is 5.92. The van der Waals surface area contributed by atoms with Crippen molar-refractivity contribution in [3.8, 4) is 0 Å². The Bertz CT molecular complexity index is 378. The minimum atomic E-state index is -0.292. The highest BCUT2D eigenvalue weighted by Gasteiger charge is 2.37. The smallest absolute Gasteiger partial charge is 0.336 e. The fourth-order valence-corrected chi connectivity index (χ4v) is 3.30. The minimum Gasteiger partial charge on any atom is -0.456 e. The number of hydrogen-bond donors (Lipinski definition) is 0. The molecule has 2 atom stereocenters. The summed E-state index contributed by atoms with van der Waals surface area (Å²) in [6, 6.07) is 0. The number of hydrogen-bond acceptors (Lipinski definition) is 4. The number of carbonyl (C=O) groups is 1. The first-order valence-corrected chi connectivity index (χ1v) is 10.2. The van der Waals surface area contributed by atoms with E-state index in [9.17, 15) is 4.79 Å². The van der Waals surface area contributed by atoms with E-state index < -0.39 is 0 Å². The molecule has 1 rings (SSSR count). The molecular formula is C21H38O4. The molecule has 0 amide bonds. The molecule has 0 aromatic rings. The van der Waals surface area contributed by atoms with Gasteiger partial charge in [0.15, 0.2) is 0 Å². The zero-order chi connectivity index (χ0) is 18.3. The summed E-state index contributed by atoms with van der Waals surface area (Å²) in [4.78, 5) is 11.9. The van der Waals surface area contributed by atoms with Crippen LogP contribution in [0.4, 0.5) is 0 Å². The molecular weight excluding hydrogens is 316 g/mol. The summed E-state index contributed by atoms with van der Waals surface area (Å²) in [7, 11) is 1.58. The zero-order valence-corrected chi connectivity index (χ0v) is 16.6. The molecule has 0 saturated carbocycles. The van der Waals surface area contributed by atoms with Crippen LogP contribution >= 0.6 is 0 Å². The topological polar surface area (TPSA) is 44.8 Å². The van der Waals surface area contributed by atoms with Crippen molar-refractivity contribution in [1.29, 1.82) is 0 Å². The average molecular weight is 355 g/mol. The van der Waals surface area contributed by atoms with Crippen LogP contribution in [0.15, 0.2) is 11.6 Å². The van der Waals surface area contributed by atoms with Gasteiger partial charge >= 0.3 is 5.97 Å². The fraction of sp³-hybridized carbons (Fsp3) is 0.857. The molecule has 1 fully saturated rings. The van der Waals surface area contributed by atoms with Crippen molar-refractivity contribution in [2.24, 2.45) is 0 Å². The van der Waals surface area contributed by atoms with Crippen molar-refractivity contribution in [3.05, 3.63) is 11.6 Å². The van der Waals surface area contributed by atoms with Gasteiger partial charge in [-0.05, 0) is 19.8 Å². The van der Waals surface area contributed by atoms with Crippen LogP contribution in [0.2, 0.25) is 0 Å². The van der Waals surface area contributed by atoms with E-state index >= 15 is 0 Å². The molecule has 4 nitrogen and oxygen atoms in total. The van der Waals surface area contributed by atoms with Crippen molar-refractivity contribution in [1.82, 2.24) is 0 Å². The van der Waals surface area contributed by atoms with Crippen molar-refractivity contribution < 1.29 is 19.0 Å². The van der Waals surface area contributed by atoms with Crippen LogP contribution in [0.5, 0.6) is 0 Å². The van der Waals surface area contributed by atoms with Gasteiger partial charge in [-0.3, -0.25) is 0 Å². The van der Waals surface area contributed by atoms with Crippen LogP contribution < -0.4 is 0 Å². The van der Waals surface area contributed by atoms with Crippen LogP contribution in [-0.4, -0.2) is 32.1 Å². The third-order valence-electron chi connectivity index (χ3n) is 4.80. The first-order valence-electron chi connectivity index (χ1n) is 10.2. The van der Waals surface area contributed by atoms with Crippen LogP contribution in [0, 0.1) is 0 Å². The molecule has 1 aliphatic heterocycles. The summed E-state index contributed by atoms with van der Waals surface area (Å²) < 4.78 is 15.8. The maximum absolute atomic E-state index is 11.9. The highest BCUT2D eigenvalue weighted by Crippen LogP contribution is 2.25. The number of cyclic esters (lactones) is 1. The van der Waals surface area contributed by atoms with Crippen LogP contribution in [0.3, 0.4) is 0 Å². The molecule has 0 aromatic carbocycles. The van der Waals surface area contributed by atoms with E-state index in [4.69, 9.17) is 14.2 Å². The van der Waals surface area contributed by atoms with Gasteiger partial charge in [0.25, 0.3) is 0 Å². The second-order valence-corrected chi connectivity index (χ2v) is 7.09. The second kappa shape index (κ2) is 14.3. The van der Waals surface area contributed by atoms with Gasteiger partial charge < -0.3 is 14.2 Å². The Labute approximate surface area is 154 Å². The monoisotopic (exact) mass is 354 g/mol. The quantitative estimate of drug-likeness (QED) is 0.167. The van der Waals surface area contributed by atoms with Crippen molar-refractivity contribution in [2.75, 3.05) is 13.9 Å². The van der Waals surface area contributed by atoms with Gasteiger partial charge in [0.2, 0.25) is 0 Å². The highest BCUT2D eigenvalue weighted by atomic mass is 16.7. The molecule has 0 N–H and O–H groups in total. The minimum absolute atomic E-state index is 0.182. The fourth-order valence-electron chi connectivity index (χ4n) is 3.30. The van der Waals surface area contributed by atoms with Gasteiger partial charge in [0, 0.05) is 7.11 Å². The Morgan fingerprint density at radius 2 is 1.52 bits per heavy atom. The van der Waals surface area contributed by atoms with E-state index in [2.05, 4.69) is 6.92 Å². The lowest BCUT2D eigenvalue weighted by Gasteiger charge is -2.14. The summed E-state index contributed by atoms with van der Waals surface area (Å²) >= 11 is 0. The van der Waals surface area contributed by atoms with Gasteiger partial charge in [-0.25, -0.2) is 4.79 Å². The number of esters is 1. The molecule has 0 bridgehead atoms. The third-order valence-corrected chi connectivity index (χ3v) is 4.80. The van der Waals surface area contributed by atoms with Crippen molar-refractivity contribution >= 4 is 5.97 Å².